The van der Waals surface area contributed by atoms with Crippen molar-refractivity contribution in [2.45, 2.75) is 25.8 Å². The molecule has 20 heavy (non-hydrogen) atoms. The van der Waals surface area contributed by atoms with Crippen LogP contribution in [0.4, 0.5) is 5.69 Å². The van der Waals surface area contributed by atoms with Crippen molar-refractivity contribution >= 4 is 5.69 Å². The summed E-state index contributed by atoms with van der Waals surface area (Å²) in [7, 11) is 4.51. The molecule has 110 valence electrons. The molecule has 2 aliphatic heterocycles. The van der Waals surface area contributed by atoms with Crippen molar-refractivity contribution in [2.24, 2.45) is 5.92 Å². The van der Waals surface area contributed by atoms with Gasteiger partial charge >= 0.3 is 0 Å². The first-order valence-electron chi connectivity index (χ1n) is 7.94. The number of nitrogens with one attached hydrogen (secondary N) is 1. The zero-order chi connectivity index (χ0) is 13.9. The maximum absolute atomic E-state index is 3.55. The Hall–Kier alpha value is -1.06. The van der Waals surface area contributed by atoms with Gasteiger partial charge in [0.2, 0.25) is 0 Å². The van der Waals surface area contributed by atoms with Gasteiger partial charge in [0, 0.05) is 25.3 Å². The summed E-state index contributed by atoms with van der Waals surface area (Å²) in [4.78, 5) is 4.95. The molecule has 1 saturated heterocycles. The molecule has 3 heteroatoms. The zero-order valence-electron chi connectivity index (χ0n) is 12.9. The molecule has 0 aromatic heterocycles. The Morgan fingerprint density at radius 2 is 2.10 bits per heavy atom. The number of para-hydroxylation sites is 1. The van der Waals surface area contributed by atoms with Gasteiger partial charge in [-0.15, -0.1) is 0 Å². The van der Waals surface area contributed by atoms with E-state index in [1.54, 1.807) is 0 Å². The number of nitrogens with zero attached hydrogens (tertiary/aromatic N) is 2. The molecule has 0 saturated carbocycles. The monoisotopic (exact) mass is 273 g/mol. The van der Waals surface area contributed by atoms with Crippen molar-refractivity contribution in [1.82, 2.24) is 9.80 Å². The molecule has 0 amide bonds. The van der Waals surface area contributed by atoms with Crippen molar-refractivity contribution in [3.05, 3.63) is 29.3 Å². The van der Waals surface area contributed by atoms with Crippen LogP contribution < -0.4 is 5.32 Å². The summed E-state index contributed by atoms with van der Waals surface area (Å²) >= 11 is 0. The summed E-state index contributed by atoms with van der Waals surface area (Å²) in [6.07, 6.45) is 3.89. The van der Waals surface area contributed by atoms with E-state index in [0.717, 1.165) is 19.0 Å². The van der Waals surface area contributed by atoms with Gasteiger partial charge in [-0.2, -0.15) is 0 Å². The summed E-state index contributed by atoms with van der Waals surface area (Å²) in [5.41, 5.74) is 4.37. The Kier molecular flexibility index (Phi) is 4.27. The molecule has 0 radical (unpaired) electrons. The maximum atomic E-state index is 3.55. The molecule has 0 spiro atoms. The smallest absolute Gasteiger partial charge is 0.0419 e. The van der Waals surface area contributed by atoms with Crippen LogP contribution in [0.3, 0.4) is 0 Å². The molecule has 0 bridgehead atoms. The Labute approximate surface area is 123 Å². The zero-order valence-corrected chi connectivity index (χ0v) is 12.9. The summed E-state index contributed by atoms with van der Waals surface area (Å²) in [5, 5.41) is 3.55. The van der Waals surface area contributed by atoms with E-state index in [9.17, 15) is 0 Å². The van der Waals surface area contributed by atoms with E-state index in [1.165, 1.54) is 55.7 Å². The summed E-state index contributed by atoms with van der Waals surface area (Å²) in [5.74, 6) is 0.876. The van der Waals surface area contributed by atoms with Crippen molar-refractivity contribution < 1.29 is 0 Å². The lowest BCUT2D eigenvalue weighted by molar-refractivity contribution is 0.173. The first-order chi connectivity index (χ1) is 9.72. The minimum absolute atomic E-state index is 0.876. The number of rotatable bonds is 4. The highest BCUT2D eigenvalue weighted by atomic mass is 15.1. The van der Waals surface area contributed by atoms with E-state index in [0.29, 0.717) is 0 Å². The second-order valence-electron chi connectivity index (χ2n) is 6.57. The highest BCUT2D eigenvalue weighted by molar-refractivity contribution is 5.61. The molecular formula is C17H27N3. The van der Waals surface area contributed by atoms with Crippen LogP contribution >= 0.6 is 0 Å². The standard InChI is InChI=1S/C17H27N3/c1-19-10-7-14(8-11-19)12-20(2)13-16-5-3-4-15-6-9-18-17(15)16/h3-5,14,18H,6-13H2,1-2H3. The molecule has 0 unspecified atom stereocenters. The van der Waals surface area contributed by atoms with E-state index in [4.69, 9.17) is 0 Å². The topological polar surface area (TPSA) is 18.5 Å². The van der Waals surface area contributed by atoms with Gasteiger partial charge in [-0.3, -0.25) is 0 Å². The van der Waals surface area contributed by atoms with E-state index >= 15 is 0 Å². The molecule has 0 atom stereocenters. The van der Waals surface area contributed by atoms with Gasteiger partial charge in [-0.25, -0.2) is 0 Å². The van der Waals surface area contributed by atoms with Crippen LogP contribution in [-0.2, 0) is 13.0 Å². The summed E-state index contributed by atoms with van der Waals surface area (Å²) in [6, 6.07) is 6.75. The van der Waals surface area contributed by atoms with Crippen molar-refractivity contribution in [1.29, 1.82) is 0 Å². The van der Waals surface area contributed by atoms with Crippen LogP contribution in [0, 0.1) is 5.92 Å². The molecule has 3 rings (SSSR count). The Morgan fingerprint density at radius 1 is 1.30 bits per heavy atom. The summed E-state index contributed by atoms with van der Waals surface area (Å²) < 4.78 is 0. The predicted molar refractivity (Wildman–Crippen MR) is 85.2 cm³/mol. The SMILES string of the molecule is CN1CCC(CN(C)Cc2cccc3c2NCC3)CC1. The maximum Gasteiger partial charge on any atom is 0.0419 e. The largest absolute Gasteiger partial charge is 0.384 e. The normalized spacial score (nSPS) is 20.1. The Balaban J connectivity index is 1.57. The first-order valence-corrected chi connectivity index (χ1v) is 7.94. The average Bonchev–Trinajstić information content (AvgIpc) is 2.91. The number of fused-ring (bicyclic) bond motifs is 1. The van der Waals surface area contributed by atoms with Gasteiger partial charge in [0.15, 0.2) is 0 Å². The Bertz CT molecular complexity index is 450. The molecular weight excluding hydrogens is 246 g/mol. The minimum Gasteiger partial charge on any atom is -0.384 e. The van der Waals surface area contributed by atoms with Gasteiger partial charge in [0.05, 0.1) is 0 Å². The van der Waals surface area contributed by atoms with Crippen molar-refractivity contribution in [3.8, 4) is 0 Å². The highest BCUT2D eigenvalue weighted by Gasteiger charge is 2.19. The third-order valence-electron chi connectivity index (χ3n) is 4.78. The van der Waals surface area contributed by atoms with Crippen molar-refractivity contribution in [3.63, 3.8) is 0 Å². The van der Waals surface area contributed by atoms with E-state index in [2.05, 4.69) is 47.4 Å². The lowest BCUT2D eigenvalue weighted by Crippen LogP contribution is -2.35. The highest BCUT2D eigenvalue weighted by Crippen LogP contribution is 2.27. The molecule has 3 nitrogen and oxygen atoms in total. The Morgan fingerprint density at radius 3 is 2.90 bits per heavy atom. The van der Waals surface area contributed by atoms with Gasteiger partial charge in [0.25, 0.3) is 0 Å². The lowest BCUT2D eigenvalue weighted by atomic mass is 9.96. The van der Waals surface area contributed by atoms with E-state index in [-0.39, 0.29) is 0 Å². The molecule has 1 aromatic rings. The second-order valence-corrected chi connectivity index (χ2v) is 6.57. The number of anilines is 1. The van der Waals surface area contributed by atoms with Crippen LogP contribution in [0.5, 0.6) is 0 Å². The quantitative estimate of drug-likeness (QED) is 0.909. The van der Waals surface area contributed by atoms with Gasteiger partial charge in [-0.05, 0) is 63.5 Å². The van der Waals surface area contributed by atoms with Crippen molar-refractivity contribution in [2.75, 3.05) is 45.6 Å². The van der Waals surface area contributed by atoms with Crippen LogP contribution in [0.25, 0.3) is 0 Å². The molecule has 1 fully saturated rings. The van der Waals surface area contributed by atoms with Gasteiger partial charge in [-0.1, -0.05) is 18.2 Å². The molecule has 0 aliphatic carbocycles. The third kappa shape index (κ3) is 3.15. The van der Waals surface area contributed by atoms with E-state index < -0.39 is 0 Å². The van der Waals surface area contributed by atoms with E-state index in [1.807, 2.05) is 0 Å². The third-order valence-corrected chi connectivity index (χ3v) is 4.78. The lowest BCUT2D eigenvalue weighted by Gasteiger charge is -2.31. The first kappa shape index (κ1) is 13.9. The fraction of sp³-hybridized carbons (Fsp3) is 0.647. The number of piperidine rings is 1. The molecule has 2 heterocycles. The second kappa shape index (κ2) is 6.15. The molecule has 2 aliphatic rings. The summed E-state index contributed by atoms with van der Waals surface area (Å²) in [6.45, 7) is 5.94. The number of hydrogen-bond acceptors (Lipinski definition) is 3. The molecule has 1 aromatic carbocycles. The number of likely N-dealkylation sites (tertiary alicyclic amines) is 1. The molecule has 1 N–H and O–H groups in total. The predicted octanol–water partition coefficient (Wildman–Crippen LogP) is 2.43. The van der Waals surface area contributed by atoms with Gasteiger partial charge < -0.3 is 15.1 Å². The van der Waals surface area contributed by atoms with Gasteiger partial charge in [0.1, 0.15) is 0 Å². The number of benzene rings is 1. The number of hydrogen-bond donors (Lipinski definition) is 1. The minimum atomic E-state index is 0.876. The fourth-order valence-electron chi connectivity index (χ4n) is 3.58. The van der Waals surface area contributed by atoms with Crippen LogP contribution in [0.1, 0.15) is 24.0 Å². The fourth-order valence-corrected chi connectivity index (χ4v) is 3.58. The van der Waals surface area contributed by atoms with Crippen LogP contribution in [0.2, 0.25) is 0 Å². The van der Waals surface area contributed by atoms with Crippen LogP contribution in [-0.4, -0.2) is 50.1 Å². The average molecular weight is 273 g/mol. The van der Waals surface area contributed by atoms with Crippen LogP contribution in [0.15, 0.2) is 18.2 Å².